The zero-order valence-electron chi connectivity index (χ0n) is 18.5. The van der Waals surface area contributed by atoms with Crippen molar-refractivity contribution in [2.45, 2.75) is 58.2 Å². The molecule has 0 amide bonds. The third-order valence-corrected chi connectivity index (χ3v) is 5.45. The van der Waals surface area contributed by atoms with Gasteiger partial charge in [0, 0.05) is 33.9 Å². The maximum absolute atomic E-state index is 12.4. The Labute approximate surface area is 188 Å². The molecule has 13 nitrogen and oxygen atoms in total. The van der Waals surface area contributed by atoms with E-state index < -0.39 is 48.0 Å². The predicted molar refractivity (Wildman–Crippen MR) is 111 cm³/mol. The van der Waals surface area contributed by atoms with E-state index in [4.69, 9.17) is 18.9 Å². The van der Waals surface area contributed by atoms with Gasteiger partial charge < -0.3 is 28.8 Å². The monoisotopic (exact) mass is 463 g/mol. The molecule has 1 N–H and O–H groups in total. The van der Waals surface area contributed by atoms with Crippen LogP contribution in [0.25, 0.3) is 11.2 Å². The number of aromatic nitrogens is 4. The highest BCUT2D eigenvalue weighted by Crippen LogP contribution is 2.39. The summed E-state index contributed by atoms with van der Waals surface area (Å²) < 4.78 is 23.8. The predicted octanol–water partition coefficient (Wildman–Crippen LogP) is 0.0437. The summed E-state index contributed by atoms with van der Waals surface area (Å²) in [7, 11) is 0. The van der Waals surface area contributed by atoms with Crippen LogP contribution in [0.3, 0.4) is 0 Å². The Morgan fingerprint density at radius 2 is 1.76 bits per heavy atom. The molecule has 2 aliphatic heterocycles. The molecule has 33 heavy (non-hydrogen) atoms. The molecular formula is C20H25N5O8. The van der Waals surface area contributed by atoms with Gasteiger partial charge in [-0.05, 0) is 12.8 Å². The van der Waals surface area contributed by atoms with E-state index in [2.05, 4.69) is 15.0 Å². The summed E-state index contributed by atoms with van der Waals surface area (Å²) in [6.45, 7) is 4.85. The first kappa shape index (κ1) is 22.7. The number of rotatable bonds is 6. The molecule has 4 rings (SSSR count). The van der Waals surface area contributed by atoms with Gasteiger partial charge in [-0.15, -0.1) is 0 Å². The third-order valence-electron chi connectivity index (χ3n) is 5.45. The first-order valence-electron chi connectivity index (χ1n) is 10.6. The van der Waals surface area contributed by atoms with Gasteiger partial charge in [0.2, 0.25) is 5.95 Å². The molecular weight excluding hydrogens is 438 g/mol. The number of carbonyl (C=O) groups excluding carboxylic acids is 3. The minimum absolute atomic E-state index is 0.0945. The Hall–Kier alpha value is -3.48. The first-order chi connectivity index (χ1) is 15.8. The van der Waals surface area contributed by atoms with Crippen LogP contribution in [0.2, 0.25) is 0 Å². The van der Waals surface area contributed by atoms with E-state index in [9.17, 15) is 19.2 Å². The number of hydrogen-bond donors (Lipinski definition) is 1. The van der Waals surface area contributed by atoms with Gasteiger partial charge in [0.25, 0.3) is 5.56 Å². The second-order valence-electron chi connectivity index (χ2n) is 7.90. The average molecular weight is 463 g/mol. The Morgan fingerprint density at radius 1 is 1.09 bits per heavy atom. The Morgan fingerprint density at radius 3 is 2.39 bits per heavy atom. The molecule has 4 atom stereocenters. The van der Waals surface area contributed by atoms with E-state index in [0.29, 0.717) is 19.0 Å². The quantitative estimate of drug-likeness (QED) is 0.456. The highest BCUT2D eigenvalue weighted by molar-refractivity contribution is 5.74. The van der Waals surface area contributed by atoms with Crippen molar-refractivity contribution in [3.8, 4) is 0 Å². The van der Waals surface area contributed by atoms with Gasteiger partial charge in [-0.25, -0.2) is 9.97 Å². The van der Waals surface area contributed by atoms with Gasteiger partial charge in [-0.1, -0.05) is 0 Å². The van der Waals surface area contributed by atoms with Crippen LogP contribution in [0.1, 0.15) is 39.8 Å². The van der Waals surface area contributed by atoms with Crippen LogP contribution in [0.4, 0.5) is 5.95 Å². The summed E-state index contributed by atoms with van der Waals surface area (Å²) in [5.41, 5.74) is -0.121. The van der Waals surface area contributed by atoms with Crippen molar-refractivity contribution in [3.63, 3.8) is 0 Å². The summed E-state index contributed by atoms with van der Waals surface area (Å²) in [6.07, 6.45) is -1.03. The molecule has 0 spiro atoms. The van der Waals surface area contributed by atoms with Gasteiger partial charge in [0.05, 0.1) is 6.33 Å². The van der Waals surface area contributed by atoms with E-state index >= 15 is 0 Å². The number of hydrogen-bond acceptors (Lipinski definition) is 11. The minimum atomic E-state index is -1.10. The standard InChI is InChI=1S/C20H25N5O8/c1-10(26)30-8-13-15(31-11(2)27)16(32-12(3)28)19(33-13)25-17-14(18(29)22-9-21-17)23-20(25)24-6-4-5-7-24/h9,13,15-16,19H,4-8H2,1-3H3,(H,21,22,29)/t13-,15-,16-,19-/m1/s1. The number of nitrogens with zero attached hydrogens (tertiary/aromatic N) is 4. The molecule has 2 aliphatic rings. The lowest BCUT2D eigenvalue weighted by atomic mass is 10.1. The minimum Gasteiger partial charge on any atom is -0.463 e. The molecule has 2 fully saturated rings. The van der Waals surface area contributed by atoms with Gasteiger partial charge in [-0.3, -0.25) is 23.7 Å². The summed E-state index contributed by atoms with van der Waals surface area (Å²) >= 11 is 0. The van der Waals surface area contributed by atoms with Crippen molar-refractivity contribution >= 4 is 35.0 Å². The largest absolute Gasteiger partial charge is 0.463 e. The molecule has 0 saturated carbocycles. The normalized spacial score (nSPS) is 24.8. The number of anilines is 1. The summed E-state index contributed by atoms with van der Waals surface area (Å²) in [4.78, 5) is 60.9. The van der Waals surface area contributed by atoms with Gasteiger partial charge in [0.15, 0.2) is 29.6 Å². The maximum atomic E-state index is 12.4. The SMILES string of the molecule is CC(=O)OC[C@H]1O[C@@H](n2c(N3CCCC3)nc3c(=O)[nH]cnc32)[C@H](OC(C)=O)[C@@H]1OC(C)=O. The fourth-order valence-electron chi connectivity index (χ4n) is 4.18. The molecule has 0 aromatic carbocycles. The van der Waals surface area contributed by atoms with Gasteiger partial charge in [-0.2, -0.15) is 0 Å². The number of esters is 3. The summed E-state index contributed by atoms with van der Waals surface area (Å²) in [6, 6.07) is 0. The lowest BCUT2D eigenvalue weighted by molar-refractivity contribution is -0.166. The first-order valence-corrected chi connectivity index (χ1v) is 10.6. The molecule has 178 valence electrons. The number of nitrogens with one attached hydrogen (secondary N) is 1. The topological polar surface area (TPSA) is 155 Å². The lowest BCUT2D eigenvalue weighted by Crippen LogP contribution is -2.40. The Balaban J connectivity index is 1.84. The Bertz CT molecular complexity index is 1120. The number of imidazole rings is 1. The third kappa shape index (κ3) is 4.53. The number of fused-ring (bicyclic) bond motifs is 1. The van der Waals surface area contributed by atoms with Crippen molar-refractivity contribution in [3.05, 3.63) is 16.7 Å². The van der Waals surface area contributed by atoms with Gasteiger partial charge >= 0.3 is 17.9 Å². The highest BCUT2D eigenvalue weighted by atomic mass is 16.7. The maximum Gasteiger partial charge on any atom is 0.303 e. The molecule has 2 aromatic heterocycles. The van der Waals surface area contributed by atoms with Crippen molar-refractivity contribution in [1.29, 1.82) is 0 Å². The van der Waals surface area contributed by atoms with Crippen LogP contribution in [0.5, 0.6) is 0 Å². The summed E-state index contributed by atoms with van der Waals surface area (Å²) in [5.74, 6) is -1.38. The number of aromatic amines is 1. The van der Waals surface area contributed by atoms with Crippen LogP contribution in [-0.4, -0.2) is 75.4 Å². The fraction of sp³-hybridized carbons (Fsp3) is 0.600. The Kier molecular flexibility index (Phi) is 6.31. The second kappa shape index (κ2) is 9.17. The number of H-pyrrole nitrogens is 1. The van der Waals surface area contributed by atoms with E-state index in [1.165, 1.54) is 27.1 Å². The molecule has 0 bridgehead atoms. The van der Waals surface area contributed by atoms with E-state index in [1.54, 1.807) is 4.57 Å². The molecule has 0 radical (unpaired) electrons. The van der Waals surface area contributed by atoms with Crippen molar-refractivity contribution < 1.29 is 33.3 Å². The van der Waals surface area contributed by atoms with E-state index in [1.807, 2.05) is 4.90 Å². The number of ether oxygens (including phenoxy) is 4. The zero-order valence-corrected chi connectivity index (χ0v) is 18.5. The van der Waals surface area contributed by atoms with Crippen molar-refractivity contribution in [1.82, 2.24) is 19.5 Å². The zero-order chi connectivity index (χ0) is 23.7. The lowest BCUT2D eigenvalue weighted by Gasteiger charge is -2.26. The molecule has 2 saturated heterocycles. The van der Waals surface area contributed by atoms with Crippen LogP contribution in [0.15, 0.2) is 11.1 Å². The fourth-order valence-corrected chi connectivity index (χ4v) is 4.18. The van der Waals surface area contributed by atoms with E-state index in [0.717, 1.165) is 12.8 Å². The molecule has 0 unspecified atom stereocenters. The van der Waals surface area contributed by atoms with Crippen LogP contribution < -0.4 is 10.5 Å². The van der Waals surface area contributed by atoms with Crippen LogP contribution >= 0.6 is 0 Å². The molecule has 0 aliphatic carbocycles. The molecule has 4 heterocycles. The molecule has 2 aromatic rings. The second-order valence-corrected chi connectivity index (χ2v) is 7.90. The highest BCUT2D eigenvalue weighted by Gasteiger charge is 2.52. The molecule has 13 heteroatoms. The summed E-state index contributed by atoms with van der Waals surface area (Å²) in [5, 5.41) is 0. The van der Waals surface area contributed by atoms with Gasteiger partial charge in [0.1, 0.15) is 12.7 Å². The number of carbonyl (C=O) groups is 3. The smallest absolute Gasteiger partial charge is 0.303 e. The van der Waals surface area contributed by atoms with Crippen molar-refractivity contribution in [2.75, 3.05) is 24.6 Å². The van der Waals surface area contributed by atoms with E-state index in [-0.39, 0.29) is 17.8 Å². The van der Waals surface area contributed by atoms with Crippen molar-refractivity contribution in [2.24, 2.45) is 0 Å². The average Bonchev–Trinajstić information content (AvgIpc) is 3.45. The van der Waals surface area contributed by atoms with Crippen LogP contribution in [-0.2, 0) is 33.3 Å². The van der Waals surface area contributed by atoms with Crippen LogP contribution in [0, 0.1) is 0 Å².